The third kappa shape index (κ3) is 5.46. The minimum atomic E-state index is 0.526. The quantitative estimate of drug-likeness (QED) is 0.539. The van der Waals surface area contributed by atoms with E-state index in [9.17, 15) is 0 Å². The molecule has 0 aromatic heterocycles. The lowest BCUT2D eigenvalue weighted by Crippen LogP contribution is -2.21. The summed E-state index contributed by atoms with van der Waals surface area (Å²) in [4.78, 5) is 1.34. The van der Waals surface area contributed by atoms with Crippen LogP contribution in [0, 0.1) is 3.57 Å². The van der Waals surface area contributed by atoms with Crippen molar-refractivity contribution in [1.29, 1.82) is 0 Å². The first-order valence-electron chi connectivity index (χ1n) is 6.83. The first-order valence-corrected chi connectivity index (χ1v) is 8.89. The van der Waals surface area contributed by atoms with Crippen molar-refractivity contribution in [2.24, 2.45) is 0 Å². The highest BCUT2D eigenvalue weighted by atomic mass is 127. The largest absolute Gasteiger partial charge is 0.310 e. The zero-order valence-corrected chi connectivity index (χ0v) is 14.9. The summed E-state index contributed by atoms with van der Waals surface area (Å²) in [6.07, 6.45) is 0. The van der Waals surface area contributed by atoms with Crippen molar-refractivity contribution in [3.05, 3.63) is 63.2 Å². The summed E-state index contributed by atoms with van der Waals surface area (Å²) < 4.78 is 1.29. The van der Waals surface area contributed by atoms with E-state index in [0.717, 1.165) is 12.3 Å². The lowest BCUT2D eigenvalue weighted by Gasteiger charge is -2.09. The molecule has 106 valence electrons. The van der Waals surface area contributed by atoms with Gasteiger partial charge in [-0.05, 0) is 58.0 Å². The predicted molar refractivity (Wildman–Crippen MR) is 97.1 cm³/mol. The van der Waals surface area contributed by atoms with Gasteiger partial charge in [0, 0.05) is 26.8 Å². The van der Waals surface area contributed by atoms with Gasteiger partial charge in [0.1, 0.15) is 0 Å². The molecule has 0 radical (unpaired) electrons. The van der Waals surface area contributed by atoms with Gasteiger partial charge in [0.15, 0.2) is 0 Å². The van der Waals surface area contributed by atoms with E-state index in [0.29, 0.717) is 6.04 Å². The van der Waals surface area contributed by atoms with Crippen LogP contribution in [-0.2, 0) is 12.3 Å². The molecule has 0 saturated heterocycles. The van der Waals surface area contributed by atoms with Gasteiger partial charge in [0.2, 0.25) is 0 Å². The van der Waals surface area contributed by atoms with Crippen LogP contribution in [0.25, 0.3) is 0 Å². The van der Waals surface area contributed by atoms with Gasteiger partial charge in [-0.1, -0.05) is 38.1 Å². The number of rotatable bonds is 6. The lowest BCUT2D eigenvalue weighted by molar-refractivity contribution is 0.588. The summed E-state index contributed by atoms with van der Waals surface area (Å²) in [5.41, 5.74) is 2.73. The second kappa shape index (κ2) is 8.05. The molecule has 0 unspecified atom stereocenters. The zero-order valence-electron chi connectivity index (χ0n) is 11.9. The molecule has 0 heterocycles. The molecule has 0 bridgehead atoms. The molecule has 1 nitrogen and oxygen atoms in total. The number of halogens is 1. The van der Waals surface area contributed by atoms with Crippen LogP contribution in [0.4, 0.5) is 0 Å². The molecule has 2 aromatic rings. The Morgan fingerprint density at radius 3 is 2.50 bits per heavy atom. The average molecular weight is 397 g/mol. The number of thioether (sulfide) groups is 1. The second-order valence-corrected chi connectivity index (χ2v) is 7.39. The van der Waals surface area contributed by atoms with Gasteiger partial charge < -0.3 is 5.32 Å². The first kappa shape index (κ1) is 15.9. The highest BCUT2D eigenvalue weighted by Gasteiger charge is 2.00. The van der Waals surface area contributed by atoms with Gasteiger partial charge in [-0.2, -0.15) is 0 Å². The molecule has 0 amide bonds. The van der Waals surface area contributed by atoms with Crippen LogP contribution in [0.3, 0.4) is 0 Å². The van der Waals surface area contributed by atoms with Crippen molar-refractivity contribution in [3.8, 4) is 0 Å². The number of hydrogen-bond acceptors (Lipinski definition) is 2. The molecule has 0 fully saturated rings. The standard InChI is InChI=1S/C17H20INS/c1-13(2)19-11-15-4-3-5-17(10-15)20-12-14-6-8-16(18)9-7-14/h3-10,13,19H,11-12H2,1-2H3. The topological polar surface area (TPSA) is 12.0 Å². The summed E-state index contributed by atoms with van der Waals surface area (Å²) in [6, 6.07) is 18.1. The Hall–Kier alpha value is -0.520. The lowest BCUT2D eigenvalue weighted by atomic mass is 10.2. The van der Waals surface area contributed by atoms with E-state index in [1.54, 1.807) is 0 Å². The van der Waals surface area contributed by atoms with Gasteiger partial charge in [0.25, 0.3) is 0 Å². The minimum Gasteiger partial charge on any atom is -0.310 e. The Kier molecular flexibility index (Phi) is 6.39. The zero-order chi connectivity index (χ0) is 14.4. The van der Waals surface area contributed by atoms with Gasteiger partial charge in [-0.3, -0.25) is 0 Å². The van der Waals surface area contributed by atoms with Gasteiger partial charge in [0.05, 0.1) is 0 Å². The van der Waals surface area contributed by atoms with Crippen molar-refractivity contribution in [2.45, 2.75) is 37.1 Å². The van der Waals surface area contributed by atoms with Crippen molar-refractivity contribution >= 4 is 34.4 Å². The normalized spacial score (nSPS) is 11.0. The maximum Gasteiger partial charge on any atom is 0.0232 e. The molecule has 0 aliphatic heterocycles. The number of benzene rings is 2. The Morgan fingerprint density at radius 2 is 1.80 bits per heavy atom. The summed E-state index contributed by atoms with van der Waals surface area (Å²) in [5, 5.41) is 3.46. The number of hydrogen-bond donors (Lipinski definition) is 1. The van der Waals surface area contributed by atoms with E-state index in [4.69, 9.17) is 0 Å². The monoisotopic (exact) mass is 397 g/mol. The van der Waals surface area contributed by atoms with Crippen LogP contribution in [0.2, 0.25) is 0 Å². The summed E-state index contributed by atoms with van der Waals surface area (Å²) >= 11 is 4.24. The van der Waals surface area contributed by atoms with E-state index in [2.05, 4.69) is 90.3 Å². The van der Waals surface area contributed by atoms with Crippen LogP contribution >= 0.6 is 34.4 Å². The van der Waals surface area contributed by atoms with E-state index >= 15 is 0 Å². The SMILES string of the molecule is CC(C)NCc1cccc(SCc2ccc(I)cc2)c1. The van der Waals surface area contributed by atoms with Crippen molar-refractivity contribution < 1.29 is 0 Å². The summed E-state index contributed by atoms with van der Waals surface area (Å²) in [6.45, 7) is 5.29. The van der Waals surface area contributed by atoms with Crippen LogP contribution in [0.15, 0.2) is 53.4 Å². The molecule has 1 N–H and O–H groups in total. The van der Waals surface area contributed by atoms with Crippen molar-refractivity contribution in [3.63, 3.8) is 0 Å². The third-order valence-corrected chi connectivity index (χ3v) is 4.72. The Bertz CT molecular complexity index is 537. The third-order valence-electron chi connectivity index (χ3n) is 2.93. The molecule has 0 aliphatic rings. The first-order chi connectivity index (χ1) is 9.63. The molecule has 3 heteroatoms. The van der Waals surface area contributed by atoms with Crippen molar-refractivity contribution in [2.75, 3.05) is 0 Å². The van der Waals surface area contributed by atoms with Gasteiger partial charge in [-0.25, -0.2) is 0 Å². The number of nitrogens with one attached hydrogen (secondary N) is 1. The fourth-order valence-corrected chi connectivity index (χ4v) is 3.11. The summed E-state index contributed by atoms with van der Waals surface area (Å²) in [5.74, 6) is 1.03. The highest BCUT2D eigenvalue weighted by molar-refractivity contribution is 14.1. The highest BCUT2D eigenvalue weighted by Crippen LogP contribution is 2.24. The molecule has 0 saturated carbocycles. The molecule has 0 atom stereocenters. The van der Waals surface area contributed by atoms with E-state index in [-0.39, 0.29) is 0 Å². The minimum absolute atomic E-state index is 0.526. The summed E-state index contributed by atoms with van der Waals surface area (Å²) in [7, 11) is 0. The predicted octanol–water partition coefficient (Wildman–Crippen LogP) is 5.08. The fraction of sp³-hybridized carbons (Fsp3) is 0.294. The molecular formula is C17H20INS. The van der Waals surface area contributed by atoms with Gasteiger partial charge >= 0.3 is 0 Å². The van der Waals surface area contributed by atoms with Crippen LogP contribution < -0.4 is 5.32 Å². The molecule has 2 aromatic carbocycles. The Morgan fingerprint density at radius 1 is 1.05 bits per heavy atom. The second-order valence-electron chi connectivity index (χ2n) is 5.10. The van der Waals surface area contributed by atoms with Crippen LogP contribution in [0.5, 0.6) is 0 Å². The van der Waals surface area contributed by atoms with E-state index in [1.807, 2.05) is 11.8 Å². The fourth-order valence-electron chi connectivity index (χ4n) is 1.81. The molecule has 20 heavy (non-hydrogen) atoms. The van der Waals surface area contributed by atoms with Crippen LogP contribution in [-0.4, -0.2) is 6.04 Å². The van der Waals surface area contributed by atoms with Crippen molar-refractivity contribution in [1.82, 2.24) is 5.32 Å². The molecule has 0 spiro atoms. The van der Waals surface area contributed by atoms with E-state index in [1.165, 1.54) is 19.6 Å². The van der Waals surface area contributed by atoms with E-state index < -0.39 is 0 Å². The molecule has 0 aliphatic carbocycles. The molecule has 2 rings (SSSR count). The van der Waals surface area contributed by atoms with Gasteiger partial charge in [-0.15, -0.1) is 11.8 Å². The Labute approximate surface area is 139 Å². The van der Waals surface area contributed by atoms with Crippen LogP contribution in [0.1, 0.15) is 25.0 Å². The smallest absolute Gasteiger partial charge is 0.0232 e. The Balaban J connectivity index is 1.92. The maximum atomic E-state index is 3.46. The maximum absolute atomic E-state index is 3.46. The average Bonchev–Trinajstić information content (AvgIpc) is 2.45. The molecular weight excluding hydrogens is 377 g/mol.